The summed E-state index contributed by atoms with van der Waals surface area (Å²) >= 11 is 0. The molecule has 2 saturated heterocycles. The number of nitrogens with two attached hydrogens (primary N) is 1. The van der Waals surface area contributed by atoms with E-state index in [1.54, 1.807) is 4.90 Å². The zero-order chi connectivity index (χ0) is 17.1. The van der Waals surface area contributed by atoms with E-state index in [-0.39, 0.29) is 12.5 Å². The summed E-state index contributed by atoms with van der Waals surface area (Å²) in [6, 6.07) is 7.66. The Balaban J connectivity index is 1.62. The molecular formula is C17H21N3O4. The van der Waals surface area contributed by atoms with Gasteiger partial charge >= 0.3 is 6.09 Å². The van der Waals surface area contributed by atoms with Crippen LogP contribution >= 0.6 is 0 Å². The third-order valence-electron chi connectivity index (χ3n) is 4.43. The molecule has 2 N–H and O–H groups in total. The van der Waals surface area contributed by atoms with Gasteiger partial charge in [-0.1, -0.05) is 0 Å². The Labute approximate surface area is 140 Å². The molecule has 2 aliphatic rings. The fourth-order valence-corrected chi connectivity index (χ4v) is 3.04. The van der Waals surface area contributed by atoms with Crippen LogP contribution in [-0.2, 0) is 14.3 Å². The lowest BCUT2D eigenvalue weighted by Crippen LogP contribution is -2.33. The van der Waals surface area contributed by atoms with Crippen LogP contribution in [0.1, 0.15) is 25.7 Å². The second-order valence-electron chi connectivity index (χ2n) is 6.16. The maximum absolute atomic E-state index is 12.0. The number of benzene rings is 1. The van der Waals surface area contributed by atoms with Gasteiger partial charge in [-0.25, -0.2) is 4.79 Å². The van der Waals surface area contributed by atoms with E-state index < -0.39 is 12.0 Å². The SMILES string of the molecule is NC(=O)CCC1CN(c2ccc(N3CCC(=O)CC3)cc2)C(=O)O1. The first kappa shape index (κ1) is 16.3. The number of hydrogen-bond donors (Lipinski definition) is 1. The predicted molar refractivity (Wildman–Crippen MR) is 88.9 cm³/mol. The highest BCUT2D eigenvalue weighted by molar-refractivity contribution is 5.90. The number of nitrogens with zero attached hydrogens (tertiary/aromatic N) is 2. The van der Waals surface area contributed by atoms with Gasteiger partial charge in [-0.3, -0.25) is 14.5 Å². The number of rotatable bonds is 5. The van der Waals surface area contributed by atoms with Gasteiger partial charge in [0.15, 0.2) is 0 Å². The van der Waals surface area contributed by atoms with Crippen molar-refractivity contribution in [2.45, 2.75) is 31.8 Å². The van der Waals surface area contributed by atoms with E-state index in [9.17, 15) is 14.4 Å². The molecule has 0 aliphatic carbocycles. The van der Waals surface area contributed by atoms with E-state index in [0.717, 1.165) is 24.5 Å². The zero-order valence-corrected chi connectivity index (χ0v) is 13.4. The van der Waals surface area contributed by atoms with Crippen molar-refractivity contribution in [3.05, 3.63) is 24.3 Å². The fraction of sp³-hybridized carbons (Fsp3) is 0.471. The summed E-state index contributed by atoms with van der Waals surface area (Å²) in [6.07, 6.45) is 1.11. The van der Waals surface area contributed by atoms with Gasteiger partial charge in [0.2, 0.25) is 5.91 Å². The Morgan fingerprint density at radius 2 is 1.75 bits per heavy atom. The molecule has 2 amide bonds. The van der Waals surface area contributed by atoms with Gasteiger partial charge in [0.05, 0.1) is 6.54 Å². The topological polar surface area (TPSA) is 92.9 Å². The van der Waals surface area contributed by atoms with Crippen LogP contribution in [0.2, 0.25) is 0 Å². The maximum atomic E-state index is 12.0. The van der Waals surface area contributed by atoms with Crippen LogP contribution in [-0.4, -0.2) is 43.5 Å². The third-order valence-corrected chi connectivity index (χ3v) is 4.43. The lowest BCUT2D eigenvalue weighted by molar-refractivity contribution is -0.119. The van der Waals surface area contributed by atoms with E-state index in [1.807, 2.05) is 24.3 Å². The molecule has 2 aliphatic heterocycles. The van der Waals surface area contributed by atoms with Crippen LogP contribution < -0.4 is 15.5 Å². The monoisotopic (exact) mass is 331 g/mol. The Hall–Kier alpha value is -2.57. The van der Waals surface area contributed by atoms with Crippen LogP contribution in [0, 0.1) is 0 Å². The Bertz CT molecular complexity index is 634. The molecule has 1 unspecified atom stereocenters. The summed E-state index contributed by atoms with van der Waals surface area (Å²) in [4.78, 5) is 37.9. The molecule has 0 bridgehead atoms. The Morgan fingerprint density at radius 3 is 2.38 bits per heavy atom. The number of anilines is 2. The second kappa shape index (κ2) is 6.90. The fourth-order valence-electron chi connectivity index (χ4n) is 3.04. The van der Waals surface area contributed by atoms with Crippen LogP contribution in [0.4, 0.5) is 16.2 Å². The first-order valence-corrected chi connectivity index (χ1v) is 8.16. The number of carbonyl (C=O) groups is 3. The van der Waals surface area contributed by atoms with Gasteiger partial charge in [-0.05, 0) is 30.7 Å². The van der Waals surface area contributed by atoms with Crippen LogP contribution in [0.5, 0.6) is 0 Å². The van der Waals surface area contributed by atoms with Gasteiger partial charge in [0, 0.05) is 43.7 Å². The second-order valence-corrected chi connectivity index (χ2v) is 6.16. The van der Waals surface area contributed by atoms with Crippen LogP contribution in [0.3, 0.4) is 0 Å². The Kier molecular flexibility index (Phi) is 4.69. The molecule has 0 aromatic heterocycles. The van der Waals surface area contributed by atoms with Crippen LogP contribution in [0.25, 0.3) is 0 Å². The highest BCUT2D eigenvalue weighted by Crippen LogP contribution is 2.27. The van der Waals surface area contributed by atoms with E-state index >= 15 is 0 Å². The lowest BCUT2D eigenvalue weighted by atomic mass is 10.1. The number of amides is 2. The maximum Gasteiger partial charge on any atom is 0.414 e. The van der Waals surface area contributed by atoms with E-state index in [0.29, 0.717) is 31.6 Å². The molecule has 2 heterocycles. The molecule has 7 heteroatoms. The summed E-state index contributed by atoms with van der Waals surface area (Å²) in [7, 11) is 0. The smallest absolute Gasteiger partial charge is 0.414 e. The highest BCUT2D eigenvalue weighted by atomic mass is 16.6. The van der Waals surface area contributed by atoms with Crippen molar-refractivity contribution in [2.75, 3.05) is 29.4 Å². The van der Waals surface area contributed by atoms with Gasteiger partial charge < -0.3 is 15.4 Å². The largest absolute Gasteiger partial charge is 0.444 e. The average molecular weight is 331 g/mol. The van der Waals surface area contributed by atoms with E-state index in [1.165, 1.54) is 0 Å². The van der Waals surface area contributed by atoms with Gasteiger partial charge in [-0.15, -0.1) is 0 Å². The predicted octanol–water partition coefficient (Wildman–Crippen LogP) is 1.45. The van der Waals surface area contributed by atoms with Crippen molar-refractivity contribution in [3.8, 4) is 0 Å². The normalized spacial score (nSPS) is 21.1. The van der Waals surface area contributed by atoms with E-state index in [2.05, 4.69) is 4.90 Å². The number of piperidine rings is 1. The minimum absolute atomic E-state index is 0.207. The molecule has 2 fully saturated rings. The molecule has 7 nitrogen and oxygen atoms in total. The molecule has 1 aromatic rings. The summed E-state index contributed by atoms with van der Waals surface area (Å²) in [5.41, 5.74) is 6.94. The van der Waals surface area contributed by atoms with Crippen LogP contribution in [0.15, 0.2) is 24.3 Å². The van der Waals surface area contributed by atoms with Crippen molar-refractivity contribution in [3.63, 3.8) is 0 Å². The number of Topliss-reactive ketones (excluding diaryl/α,β-unsaturated/α-hetero) is 1. The molecule has 24 heavy (non-hydrogen) atoms. The number of carbonyl (C=O) groups excluding carboxylic acids is 3. The number of ketones is 1. The van der Waals surface area contributed by atoms with Gasteiger partial charge in [0.1, 0.15) is 11.9 Å². The molecule has 1 atom stereocenters. The van der Waals surface area contributed by atoms with Crippen molar-refractivity contribution in [2.24, 2.45) is 5.73 Å². The van der Waals surface area contributed by atoms with E-state index in [4.69, 9.17) is 10.5 Å². The minimum atomic E-state index is -0.402. The average Bonchev–Trinajstić information content (AvgIpc) is 2.95. The summed E-state index contributed by atoms with van der Waals surface area (Å²) in [6.45, 7) is 1.89. The van der Waals surface area contributed by atoms with Gasteiger partial charge in [-0.2, -0.15) is 0 Å². The molecule has 1 aromatic carbocycles. The molecule has 0 radical (unpaired) electrons. The van der Waals surface area contributed by atoms with Gasteiger partial charge in [0.25, 0.3) is 0 Å². The highest BCUT2D eigenvalue weighted by Gasteiger charge is 2.32. The van der Waals surface area contributed by atoms with Crippen molar-refractivity contribution in [1.29, 1.82) is 0 Å². The number of cyclic esters (lactones) is 1. The van der Waals surface area contributed by atoms with Crippen molar-refractivity contribution in [1.82, 2.24) is 0 Å². The molecule has 3 rings (SSSR count). The first-order chi connectivity index (χ1) is 11.5. The molecule has 0 spiro atoms. The summed E-state index contributed by atoms with van der Waals surface area (Å²) in [5.74, 6) is -0.0847. The number of ether oxygens (including phenoxy) is 1. The molecular weight excluding hydrogens is 310 g/mol. The minimum Gasteiger partial charge on any atom is -0.444 e. The Morgan fingerprint density at radius 1 is 1.12 bits per heavy atom. The number of primary amides is 1. The molecule has 128 valence electrons. The summed E-state index contributed by atoms with van der Waals surface area (Å²) < 4.78 is 5.27. The van der Waals surface area contributed by atoms with Crippen molar-refractivity contribution >= 4 is 29.2 Å². The quantitative estimate of drug-likeness (QED) is 0.881. The standard InChI is InChI=1S/C17H21N3O4/c18-16(22)6-5-15-11-20(17(23)24-15)13-3-1-12(2-4-13)19-9-7-14(21)8-10-19/h1-4,15H,5-11H2,(H2,18,22). The van der Waals surface area contributed by atoms with Crippen molar-refractivity contribution < 1.29 is 19.1 Å². The third kappa shape index (κ3) is 3.67. The number of hydrogen-bond acceptors (Lipinski definition) is 5. The first-order valence-electron chi connectivity index (χ1n) is 8.16. The summed E-state index contributed by atoms with van der Waals surface area (Å²) in [5, 5.41) is 0. The lowest BCUT2D eigenvalue weighted by Gasteiger charge is -2.28. The zero-order valence-electron chi connectivity index (χ0n) is 13.4. The molecule has 0 saturated carbocycles.